The van der Waals surface area contributed by atoms with E-state index in [1.54, 1.807) is 12.4 Å². The summed E-state index contributed by atoms with van der Waals surface area (Å²) in [6, 6.07) is 0.323. The van der Waals surface area contributed by atoms with Gasteiger partial charge in [-0.05, 0) is 6.42 Å². The van der Waals surface area contributed by atoms with Gasteiger partial charge in [0.15, 0.2) is 6.29 Å². The second kappa shape index (κ2) is 4.74. The number of H-pyrrole nitrogens is 1. The smallest absolute Gasteiger partial charge is 0.317 e. The van der Waals surface area contributed by atoms with E-state index in [0.29, 0.717) is 23.7 Å². The Hall–Kier alpha value is -1.91. The van der Waals surface area contributed by atoms with Gasteiger partial charge in [-0.1, -0.05) is 13.3 Å². The molecule has 0 amide bonds. The number of ether oxygens (including phenoxy) is 1. The van der Waals surface area contributed by atoms with Gasteiger partial charge < -0.3 is 9.72 Å². The van der Waals surface area contributed by atoms with Crippen LogP contribution in [0.1, 0.15) is 30.1 Å². The number of nitrogens with zero attached hydrogens (tertiary/aromatic N) is 2. The molecule has 0 bridgehead atoms. The van der Waals surface area contributed by atoms with E-state index in [4.69, 9.17) is 4.74 Å². The Morgan fingerprint density at radius 3 is 3.19 bits per heavy atom. The summed E-state index contributed by atoms with van der Waals surface area (Å²) in [6.45, 7) is 2.69. The molecule has 0 aromatic carbocycles. The van der Waals surface area contributed by atoms with Crippen molar-refractivity contribution in [3.05, 3.63) is 18.0 Å². The van der Waals surface area contributed by atoms with Gasteiger partial charge >= 0.3 is 6.01 Å². The van der Waals surface area contributed by atoms with Crippen LogP contribution in [0.25, 0.3) is 11.0 Å². The number of hydrogen-bond donors (Lipinski definition) is 1. The molecule has 0 atom stereocenters. The molecule has 0 saturated heterocycles. The number of carbonyl (C=O) groups excluding carboxylic acids is 1. The quantitative estimate of drug-likeness (QED) is 0.616. The average molecular weight is 219 g/mol. The van der Waals surface area contributed by atoms with Gasteiger partial charge in [0, 0.05) is 6.20 Å². The molecule has 0 radical (unpaired) electrons. The third-order valence-corrected chi connectivity index (χ3v) is 2.28. The summed E-state index contributed by atoms with van der Waals surface area (Å²) in [5.74, 6) is 0. The Bertz CT molecular complexity index is 493. The lowest BCUT2D eigenvalue weighted by atomic mass is 10.3. The van der Waals surface area contributed by atoms with Crippen LogP contribution in [0.5, 0.6) is 6.01 Å². The third kappa shape index (κ3) is 2.03. The SMILES string of the molecule is CCCCOc1ncc2[nH]cc(C=O)c2n1. The highest BCUT2D eigenvalue weighted by Gasteiger charge is 2.06. The summed E-state index contributed by atoms with van der Waals surface area (Å²) in [5, 5.41) is 0. The van der Waals surface area contributed by atoms with Crippen LogP contribution in [-0.2, 0) is 0 Å². The van der Waals surface area contributed by atoms with Crippen LogP contribution in [0.4, 0.5) is 0 Å². The van der Waals surface area contributed by atoms with Crippen molar-refractivity contribution < 1.29 is 9.53 Å². The molecule has 0 spiro atoms. The maximum absolute atomic E-state index is 10.7. The topological polar surface area (TPSA) is 67.9 Å². The largest absolute Gasteiger partial charge is 0.463 e. The van der Waals surface area contributed by atoms with Crippen LogP contribution in [0, 0.1) is 0 Å². The zero-order chi connectivity index (χ0) is 11.4. The van der Waals surface area contributed by atoms with Crippen molar-refractivity contribution in [2.45, 2.75) is 19.8 Å². The number of fused-ring (bicyclic) bond motifs is 1. The van der Waals surface area contributed by atoms with E-state index in [1.807, 2.05) is 0 Å². The Kier molecular flexibility index (Phi) is 3.14. The van der Waals surface area contributed by atoms with E-state index in [9.17, 15) is 4.79 Å². The van der Waals surface area contributed by atoms with Crippen molar-refractivity contribution in [3.63, 3.8) is 0 Å². The van der Waals surface area contributed by atoms with Gasteiger partial charge in [-0.3, -0.25) is 4.79 Å². The van der Waals surface area contributed by atoms with Crippen LogP contribution in [-0.4, -0.2) is 27.8 Å². The summed E-state index contributed by atoms with van der Waals surface area (Å²) in [7, 11) is 0. The van der Waals surface area contributed by atoms with E-state index < -0.39 is 0 Å². The van der Waals surface area contributed by atoms with Gasteiger partial charge in [0.25, 0.3) is 0 Å². The second-order valence-electron chi connectivity index (χ2n) is 3.48. The minimum atomic E-state index is 0.323. The number of rotatable bonds is 5. The number of carbonyl (C=O) groups is 1. The summed E-state index contributed by atoms with van der Waals surface area (Å²) < 4.78 is 5.37. The van der Waals surface area contributed by atoms with Crippen molar-refractivity contribution in [2.75, 3.05) is 6.61 Å². The molecule has 0 aliphatic heterocycles. The molecule has 0 fully saturated rings. The van der Waals surface area contributed by atoms with Crippen LogP contribution in [0.15, 0.2) is 12.4 Å². The second-order valence-corrected chi connectivity index (χ2v) is 3.48. The number of hydrogen-bond acceptors (Lipinski definition) is 4. The van der Waals surface area contributed by atoms with Gasteiger partial charge in [-0.15, -0.1) is 0 Å². The van der Waals surface area contributed by atoms with Gasteiger partial charge in [-0.2, -0.15) is 4.98 Å². The highest BCUT2D eigenvalue weighted by molar-refractivity contribution is 5.94. The molecule has 5 heteroatoms. The fourth-order valence-corrected chi connectivity index (χ4v) is 1.38. The van der Waals surface area contributed by atoms with Gasteiger partial charge in [-0.25, -0.2) is 4.98 Å². The van der Waals surface area contributed by atoms with E-state index in [0.717, 1.165) is 24.6 Å². The Labute approximate surface area is 92.9 Å². The predicted octanol–water partition coefficient (Wildman–Crippen LogP) is 1.95. The van der Waals surface area contributed by atoms with E-state index >= 15 is 0 Å². The molecule has 0 aliphatic rings. The number of aromatic amines is 1. The summed E-state index contributed by atoms with van der Waals surface area (Å²) >= 11 is 0. The molecule has 2 rings (SSSR count). The molecule has 1 N–H and O–H groups in total. The Morgan fingerprint density at radius 2 is 2.44 bits per heavy atom. The van der Waals surface area contributed by atoms with Gasteiger partial charge in [0.1, 0.15) is 5.52 Å². The predicted molar refractivity (Wildman–Crippen MR) is 59.7 cm³/mol. The maximum atomic E-state index is 10.7. The van der Waals surface area contributed by atoms with Gasteiger partial charge in [0.2, 0.25) is 0 Å². The molecule has 0 saturated carbocycles. The standard InChI is InChI=1S/C11H13N3O2/c1-2-3-4-16-11-13-6-9-10(14-11)8(7-15)5-12-9/h5-7,12H,2-4H2,1H3. The molecule has 2 heterocycles. The van der Waals surface area contributed by atoms with Crippen molar-refractivity contribution in [1.29, 1.82) is 0 Å². The zero-order valence-electron chi connectivity index (χ0n) is 9.06. The van der Waals surface area contributed by atoms with E-state index in [2.05, 4.69) is 21.9 Å². The molecular formula is C11H13N3O2. The Balaban J connectivity index is 2.24. The van der Waals surface area contributed by atoms with Crippen LogP contribution in [0.3, 0.4) is 0 Å². The van der Waals surface area contributed by atoms with Crippen molar-refractivity contribution in [2.24, 2.45) is 0 Å². The number of aromatic nitrogens is 3. The molecule has 2 aromatic heterocycles. The molecule has 84 valence electrons. The van der Waals surface area contributed by atoms with Crippen molar-refractivity contribution in [1.82, 2.24) is 15.0 Å². The molecule has 5 nitrogen and oxygen atoms in total. The molecular weight excluding hydrogens is 206 g/mol. The summed E-state index contributed by atoms with van der Waals surface area (Å²) in [5.41, 5.74) is 1.87. The average Bonchev–Trinajstić information content (AvgIpc) is 2.71. The summed E-state index contributed by atoms with van der Waals surface area (Å²) in [4.78, 5) is 21.9. The first-order valence-corrected chi connectivity index (χ1v) is 5.27. The minimum Gasteiger partial charge on any atom is -0.463 e. The van der Waals surface area contributed by atoms with Crippen molar-refractivity contribution >= 4 is 17.3 Å². The maximum Gasteiger partial charge on any atom is 0.317 e. The zero-order valence-corrected chi connectivity index (χ0v) is 9.06. The van der Waals surface area contributed by atoms with E-state index in [-0.39, 0.29) is 0 Å². The fraction of sp³-hybridized carbons (Fsp3) is 0.364. The number of aldehydes is 1. The first-order chi connectivity index (χ1) is 7.85. The highest BCUT2D eigenvalue weighted by atomic mass is 16.5. The minimum absolute atomic E-state index is 0.323. The number of unbranched alkanes of at least 4 members (excludes halogenated alkanes) is 1. The van der Waals surface area contributed by atoms with E-state index in [1.165, 1.54) is 0 Å². The monoisotopic (exact) mass is 219 g/mol. The van der Waals surface area contributed by atoms with Crippen LogP contribution < -0.4 is 4.74 Å². The lowest BCUT2D eigenvalue weighted by Gasteiger charge is -2.02. The lowest BCUT2D eigenvalue weighted by Crippen LogP contribution is -2.00. The normalized spacial score (nSPS) is 10.6. The van der Waals surface area contributed by atoms with Crippen LogP contribution in [0.2, 0.25) is 0 Å². The molecule has 0 unspecified atom stereocenters. The van der Waals surface area contributed by atoms with Gasteiger partial charge in [0.05, 0.1) is 23.9 Å². The van der Waals surface area contributed by atoms with Crippen molar-refractivity contribution in [3.8, 4) is 6.01 Å². The first kappa shape index (κ1) is 10.6. The lowest BCUT2D eigenvalue weighted by molar-refractivity contribution is 0.112. The first-order valence-electron chi connectivity index (χ1n) is 5.27. The molecule has 2 aromatic rings. The third-order valence-electron chi connectivity index (χ3n) is 2.28. The van der Waals surface area contributed by atoms with Crippen LogP contribution >= 0.6 is 0 Å². The Morgan fingerprint density at radius 1 is 1.56 bits per heavy atom. The number of nitrogens with one attached hydrogen (secondary N) is 1. The fourth-order valence-electron chi connectivity index (χ4n) is 1.38. The molecule has 16 heavy (non-hydrogen) atoms. The summed E-state index contributed by atoms with van der Waals surface area (Å²) in [6.07, 6.45) is 6.03. The molecule has 0 aliphatic carbocycles. The highest BCUT2D eigenvalue weighted by Crippen LogP contribution is 2.15.